The highest BCUT2D eigenvalue weighted by Gasteiger charge is 1.99. The van der Waals surface area contributed by atoms with Crippen molar-refractivity contribution in [1.82, 2.24) is 5.32 Å². The van der Waals surface area contributed by atoms with Gasteiger partial charge in [-0.2, -0.15) is 0 Å². The first-order valence-electron chi connectivity index (χ1n) is 8.11. The number of ether oxygens (including phenoxy) is 1. The summed E-state index contributed by atoms with van der Waals surface area (Å²) in [7, 11) is 2.12. The van der Waals surface area contributed by atoms with Crippen LogP contribution in [-0.2, 0) is 4.74 Å². The van der Waals surface area contributed by atoms with Crippen LogP contribution in [0.1, 0.15) is 26.2 Å². The van der Waals surface area contributed by atoms with Gasteiger partial charge in [-0.25, -0.2) is 0 Å². The van der Waals surface area contributed by atoms with Gasteiger partial charge in [-0.15, -0.1) is 24.0 Å². The fourth-order valence-corrected chi connectivity index (χ4v) is 2.07. The van der Waals surface area contributed by atoms with Crippen molar-refractivity contribution >= 4 is 35.6 Å². The molecule has 0 saturated heterocycles. The van der Waals surface area contributed by atoms with Gasteiger partial charge in [0.15, 0.2) is 5.96 Å². The van der Waals surface area contributed by atoms with E-state index in [0.29, 0.717) is 5.96 Å². The van der Waals surface area contributed by atoms with Gasteiger partial charge < -0.3 is 20.7 Å². The molecule has 0 aromatic heterocycles. The van der Waals surface area contributed by atoms with Crippen LogP contribution in [0.2, 0.25) is 0 Å². The molecule has 0 radical (unpaired) electrons. The zero-order chi connectivity index (χ0) is 16.0. The molecule has 6 heteroatoms. The summed E-state index contributed by atoms with van der Waals surface area (Å²) in [6.07, 6.45) is 3.11. The molecule has 0 fully saturated rings. The maximum atomic E-state index is 5.81. The number of hydrogen-bond acceptors (Lipinski definition) is 3. The molecule has 0 spiro atoms. The smallest absolute Gasteiger partial charge is 0.188 e. The van der Waals surface area contributed by atoms with Gasteiger partial charge in [0.2, 0.25) is 0 Å². The van der Waals surface area contributed by atoms with Crippen LogP contribution in [0.25, 0.3) is 0 Å². The van der Waals surface area contributed by atoms with Gasteiger partial charge >= 0.3 is 0 Å². The van der Waals surface area contributed by atoms with Crippen LogP contribution >= 0.6 is 24.0 Å². The van der Waals surface area contributed by atoms with E-state index >= 15 is 0 Å². The second kappa shape index (κ2) is 14.6. The van der Waals surface area contributed by atoms with Gasteiger partial charge in [0.25, 0.3) is 0 Å². The van der Waals surface area contributed by atoms with Crippen molar-refractivity contribution in [3.8, 4) is 0 Å². The van der Waals surface area contributed by atoms with Crippen LogP contribution in [0.15, 0.2) is 35.3 Å². The molecule has 0 atom stereocenters. The van der Waals surface area contributed by atoms with Crippen molar-refractivity contribution in [2.24, 2.45) is 10.7 Å². The van der Waals surface area contributed by atoms with Crippen LogP contribution in [0.3, 0.4) is 0 Å². The number of halogens is 1. The Bertz CT molecular complexity index is 414. The summed E-state index contributed by atoms with van der Waals surface area (Å²) < 4.78 is 5.25. The van der Waals surface area contributed by atoms with Crippen molar-refractivity contribution in [3.05, 3.63) is 30.3 Å². The summed E-state index contributed by atoms with van der Waals surface area (Å²) >= 11 is 0. The number of unbranched alkanes of at least 4 members (excludes halogenated alkanes) is 1. The van der Waals surface area contributed by atoms with Gasteiger partial charge in [0.1, 0.15) is 0 Å². The molecule has 0 bridgehead atoms. The van der Waals surface area contributed by atoms with Crippen molar-refractivity contribution < 1.29 is 4.74 Å². The fourth-order valence-electron chi connectivity index (χ4n) is 2.07. The lowest BCUT2D eigenvalue weighted by Gasteiger charge is -2.19. The summed E-state index contributed by atoms with van der Waals surface area (Å²) in [5.41, 5.74) is 7.06. The number of nitrogens with one attached hydrogen (secondary N) is 1. The fraction of sp³-hybridized carbons (Fsp3) is 0.588. The standard InChI is InChI=1S/C17H30N4O.HI/c1-3-22-15-9-13-20-17(18)19-12-7-8-14-21(2)16-10-5-4-6-11-16;/h4-6,10-11H,3,7-9,12-15H2,1-2H3,(H3,18,19,20);1H. The summed E-state index contributed by atoms with van der Waals surface area (Å²) in [5.74, 6) is 0.535. The molecule has 5 nitrogen and oxygen atoms in total. The van der Waals surface area contributed by atoms with Crippen molar-refractivity contribution in [1.29, 1.82) is 0 Å². The Balaban J connectivity index is 0.00000484. The summed E-state index contributed by atoms with van der Waals surface area (Å²) in [4.78, 5) is 6.54. The third-order valence-corrected chi connectivity index (χ3v) is 3.36. The lowest BCUT2D eigenvalue weighted by molar-refractivity contribution is 0.146. The van der Waals surface area contributed by atoms with Gasteiger partial charge in [-0.1, -0.05) is 18.2 Å². The number of guanidine groups is 1. The maximum Gasteiger partial charge on any atom is 0.188 e. The van der Waals surface area contributed by atoms with E-state index in [0.717, 1.165) is 52.1 Å². The van der Waals surface area contributed by atoms with E-state index in [-0.39, 0.29) is 24.0 Å². The number of nitrogens with two attached hydrogens (primary N) is 1. The van der Waals surface area contributed by atoms with Gasteiger partial charge in [0, 0.05) is 45.6 Å². The quantitative estimate of drug-likeness (QED) is 0.243. The molecule has 3 N–H and O–H groups in total. The van der Waals surface area contributed by atoms with E-state index < -0.39 is 0 Å². The first-order chi connectivity index (χ1) is 10.7. The van der Waals surface area contributed by atoms with Crippen LogP contribution in [0, 0.1) is 0 Å². The number of nitrogens with zero attached hydrogens (tertiary/aromatic N) is 2. The van der Waals surface area contributed by atoms with Crippen LogP contribution in [0.4, 0.5) is 5.69 Å². The maximum absolute atomic E-state index is 5.81. The second-order valence-corrected chi connectivity index (χ2v) is 5.21. The minimum atomic E-state index is 0. The van der Waals surface area contributed by atoms with Gasteiger partial charge in [-0.05, 0) is 38.3 Å². The lowest BCUT2D eigenvalue weighted by atomic mass is 10.2. The highest BCUT2D eigenvalue weighted by Crippen LogP contribution is 2.11. The number of hydrogen-bond donors (Lipinski definition) is 2. The molecular formula is C17H31IN4O. The van der Waals surface area contributed by atoms with Gasteiger partial charge in [-0.3, -0.25) is 4.99 Å². The molecule has 0 unspecified atom stereocenters. The molecule has 0 aliphatic heterocycles. The Morgan fingerprint density at radius 1 is 1.22 bits per heavy atom. The molecule has 23 heavy (non-hydrogen) atoms. The molecule has 0 amide bonds. The van der Waals surface area contributed by atoms with Crippen molar-refractivity contribution in [2.75, 3.05) is 44.8 Å². The predicted molar refractivity (Wildman–Crippen MR) is 110 cm³/mol. The summed E-state index contributed by atoms with van der Waals surface area (Å²) in [6, 6.07) is 10.4. The summed E-state index contributed by atoms with van der Waals surface area (Å²) in [5, 5.41) is 3.16. The molecule has 0 aliphatic rings. The highest BCUT2D eigenvalue weighted by molar-refractivity contribution is 14.0. The number of rotatable bonds is 11. The minimum Gasteiger partial charge on any atom is -0.382 e. The number of anilines is 1. The largest absolute Gasteiger partial charge is 0.382 e. The van der Waals surface area contributed by atoms with Gasteiger partial charge in [0.05, 0.1) is 0 Å². The second-order valence-electron chi connectivity index (χ2n) is 5.21. The molecule has 0 heterocycles. The highest BCUT2D eigenvalue weighted by atomic mass is 127. The Kier molecular flexibility index (Phi) is 13.9. The topological polar surface area (TPSA) is 62.9 Å². The predicted octanol–water partition coefficient (Wildman–Crippen LogP) is 2.85. The molecule has 0 aliphatic carbocycles. The Morgan fingerprint density at radius 2 is 1.96 bits per heavy atom. The zero-order valence-electron chi connectivity index (χ0n) is 14.3. The molecule has 1 aromatic rings. The lowest BCUT2D eigenvalue weighted by Crippen LogP contribution is -2.33. The third-order valence-electron chi connectivity index (χ3n) is 3.36. The van der Waals surface area contributed by atoms with E-state index in [9.17, 15) is 0 Å². The van der Waals surface area contributed by atoms with Crippen LogP contribution < -0.4 is 16.0 Å². The SMILES string of the molecule is CCOCCCN=C(N)NCCCCN(C)c1ccccc1.I. The number of aliphatic imine (C=N–C) groups is 1. The molecule has 132 valence electrons. The zero-order valence-corrected chi connectivity index (χ0v) is 16.7. The van der Waals surface area contributed by atoms with Crippen molar-refractivity contribution in [2.45, 2.75) is 26.2 Å². The first-order valence-corrected chi connectivity index (χ1v) is 8.11. The van der Waals surface area contributed by atoms with E-state index in [1.165, 1.54) is 5.69 Å². The summed E-state index contributed by atoms with van der Waals surface area (Å²) in [6.45, 7) is 6.12. The monoisotopic (exact) mass is 434 g/mol. The molecule has 1 aromatic carbocycles. The van der Waals surface area contributed by atoms with E-state index in [1.54, 1.807) is 0 Å². The average Bonchev–Trinajstić information content (AvgIpc) is 2.55. The van der Waals surface area contributed by atoms with E-state index in [2.05, 4.69) is 46.5 Å². The molecular weight excluding hydrogens is 403 g/mol. The Hall–Kier alpha value is -1.02. The number of para-hydroxylation sites is 1. The average molecular weight is 434 g/mol. The minimum absolute atomic E-state index is 0. The van der Waals surface area contributed by atoms with Crippen LogP contribution in [-0.4, -0.2) is 45.9 Å². The Morgan fingerprint density at radius 3 is 2.65 bits per heavy atom. The molecule has 1 rings (SSSR count). The normalized spacial score (nSPS) is 11.0. The van der Waals surface area contributed by atoms with E-state index in [1.807, 2.05) is 13.0 Å². The molecule has 0 saturated carbocycles. The number of benzene rings is 1. The van der Waals surface area contributed by atoms with E-state index in [4.69, 9.17) is 10.5 Å². The van der Waals surface area contributed by atoms with Crippen LogP contribution in [0.5, 0.6) is 0 Å². The van der Waals surface area contributed by atoms with Crippen molar-refractivity contribution in [3.63, 3.8) is 0 Å². The third kappa shape index (κ3) is 11.2. The first kappa shape index (κ1) is 22.0. The Labute approximate surface area is 157 Å².